The third-order valence-electron chi connectivity index (χ3n) is 2.35. The summed E-state index contributed by atoms with van der Waals surface area (Å²) in [4.78, 5) is 13.5. The fraction of sp³-hybridized carbons (Fsp3) is 0.462. The van der Waals surface area contributed by atoms with Crippen LogP contribution in [-0.4, -0.2) is 13.0 Å². The Morgan fingerprint density at radius 3 is 2.60 bits per heavy atom. The third-order valence-corrected chi connectivity index (χ3v) is 2.35. The molecule has 0 unspecified atom stereocenters. The predicted molar refractivity (Wildman–Crippen MR) is 64.0 cm³/mol. The topological polar surface area (TPSA) is 20.3 Å². The lowest BCUT2D eigenvalue weighted by Gasteiger charge is -2.18. The zero-order valence-corrected chi connectivity index (χ0v) is 9.95. The van der Waals surface area contributed by atoms with Gasteiger partial charge >= 0.3 is 0 Å². The standard InChI is InChI=1S/C13H19NO/c1-10(2)8-13(15)14(4)12-7-5-6-11(3)9-12/h5-7,9-10H,8H2,1-4H3. The molecule has 0 fully saturated rings. The lowest BCUT2D eigenvalue weighted by molar-refractivity contribution is -0.119. The van der Waals surface area contributed by atoms with E-state index in [1.807, 2.05) is 38.2 Å². The summed E-state index contributed by atoms with van der Waals surface area (Å²) in [6.07, 6.45) is 0.602. The molecule has 0 aliphatic heterocycles. The molecule has 2 nitrogen and oxygen atoms in total. The van der Waals surface area contributed by atoms with Crippen molar-refractivity contribution in [3.05, 3.63) is 29.8 Å². The van der Waals surface area contributed by atoms with Gasteiger partial charge in [-0.2, -0.15) is 0 Å². The normalized spacial score (nSPS) is 10.5. The summed E-state index contributed by atoms with van der Waals surface area (Å²) in [5, 5.41) is 0. The van der Waals surface area contributed by atoms with Crippen LogP contribution in [0.2, 0.25) is 0 Å². The average molecular weight is 205 g/mol. The van der Waals surface area contributed by atoms with Crippen LogP contribution in [0.15, 0.2) is 24.3 Å². The molecule has 1 rings (SSSR count). The van der Waals surface area contributed by atoms with Crippen molar-refractivity contribution in [1.82, 2.24) is 0 Å². The summed E-state index contributed by atoms with van der Waals surface area (Å²) in [6.45, 7) is 6.15. The molecule has 1 amide bonds. The second-order valence-electron chi connectivity index (χ2n) is 4.39. The molecule has 0 saturated heterocycles. The van der Waals surface area contributed by atoms with Crippen molar-refractivity contribution in [2.24, 2.45) is 5.92 Å². The van der Waals surface area contributed by atoms with Crippen molar-refractivity contribution in [1.29, 1.82) is 0 Å². The van der Waals surface area contributed by atoms with Gasteiger partial charge in [-0.15, -0.1) is 0 Å². The highest BCUT2D eigenvalue weighted by Crippen LogP contribution is 2.16. The zero-order chi connectivity index (χ0) is 11.4. The zero-order valence-electron chi connectivity index (χ0n) is 9.95. The van der Waals surface area contributed by atoms with Gasteiger partial charge in [-0.05, 0) is 30.5 Å². The number of aryl methyl sites for hydroxylation is 1. The van der Waals surface area contributed by atoms with Gasteiger partial charge in [0.05, 0.1) is 0 Å². The Morgan fingerprint density at radius 2 is 2.07 bits per heavy atom. The maximum Gasteiger partial charge on any atom is 0.226 e. The van der Waals surface area contributed by atoms with Crippen molar-refractivity contribution in [2.75, 3.05) is 11.9 Å². The molecule has 0 saturated carbocycles. The Balaban J connectivity index is 2.76. The van der Waals surface area contributed by atoms with Crippen LogP contribution in [0.3, 0.4) is 0 Å². The number of amides is 1. The molecule has 15 heavy (non-hydrogen) atoms. The lowest BCUT2D eigenvalue weighted by atomic mass is 10.1. The van der Waals surface area contributed by atoms with Crippen molar-refractivity contribution >= 4 is 11.6 Å². The maximum atomic E-state index is 11.8. The number of carbonyl (C=O) groups excluding carboxylic acids is 1. The minimum Gasteiger partial charge on any atom is -0.315 e. The monoisotopic (exact) mass is 205 g/mol. The first-order chi connectivity index (χ1) is 7.00. The van der Waals surface area contributed by atoms with Gasteiger partial charge in [0.2, 0.25) is 5.91 Å². The van der Waals surface area contributed by atoms with E-state index in [4.69, 9.17) is 0 Å². The number of benzene rings is 1. The van der Waals surface area contributed by atoms with Gasteiger partial charge in [-0.25, -0.2) is 0 Å². The van der Waals surface area contributed by atoms with E-state index in [0.29, 0.717) is 12.3 Å². The highest BCUT2D eigenvalue weighted by molar-refractivity contribution is 5.92. The Morgan fingerprint density at radius 1 is 1.40 bits per heavy atom. The summed E-state index contributed by atoms with van der Waals surface area (Å²) >= 11 is 0. The van der Waals surface area contributed by atoms with Crippen molar-refractivity contribution in [3.8, 4) is 0 Å². The third kappa shape index (κ3) is 3.39. The first-order valence-electron chi connectivity index (χ1n) is 5.34. The van der Waals surface area contributed by atoms with E-state index >= 15 is 0 Å². The van der Waals surface area contributed by atoms with Crippen LogP contribution in [0.1, 0.15) is 25.8 Å². The van der Waals surface area contributed by atoms with Crippen LogP contribution in [0.5, 0.6) is 0 Å². The fourth-order valence-corrected chi connectivity index (χ4v) is 1.47. The quantitative estimate of drug-likeness (QED) is 0.742. The molecule has 0 aliphatic rings. The molecule has 0 atom stereocenters. The highest BCUT2D eigenvalue weighted by Gasteiger charge is 2.12. The minimum atomic E-state index is 0.176. The Hall–Kier alpha value is -1.31. The second-order valence-corrected chi connectivity index (χ2v) is 4.39. The Labute approximate surface area is 91.9 Å². The van der Waals surface area contributed by atoms with Crippen LogP contribution in [0, 0.1) is 12.8 Å². The molecule has 2 heteroatoms. The molecule has 1 aromatic carbocycles. The highest BCUT2D eigenvalue weighted by atomic mass is 16.2. The fourth-order valence-electron chi connectivity index (χ4n) is 1.47. The van der Waals surface area contributed by atoms with Gasteiger partial charge in [0.15, 0.2) is 0 Å². The van der Waals surface area contributed by atoms with Gasteiger partial charge in [0.1, 0.15) is 0 Å². The summed E-state index contributed by atoms with van der Waals surface area (Å²) in [5.74, 6) is 0.584. The summed E-state index contributed by atoms with van der Waals surface area (Å²) in [5.41, 5.74) is 2.15. The van der Waals surface area contributed by atoms with E-state index in [0.717, 1.165) is 5.69 Å². The van der Waals surface area contributed by atoms with Crippen LogP contribution in [-0.2, 0) is 4.79 Å². The number of hydrogen-bond donors (Lipinski definition) is 0. The van der Waals surface area contributed by atoms with Crippen LogP contribution < -0.4 is 4.90 Å². The van der Waals surface area contributed by atoms with E-state index in [2.05, 4.69) is 13.8 Å². The maximum absolute atomic E-state index is 11.8. The minimum absolute atomic E-state index is 0.176. The first kappa shape index (κ1) is 11.8. The SMILES string of the molecule is Cc1cccc(N(C)C(=O)CC(C)C)c1. The predicted octanol–water partition coefficient (Wildman–Crippen LogP) is 3.00. The Kier molecular flexibility index (Phi) is 3.89. The van der Waals surface area contributed by atoms with Crippen LogP contribution in [0.4, 0.5) is 5.69 Å². The van der Waals surface area contributed by atoms with Gasteiger partial charge in [0, 0.05) is 19.2 Å². The van der Waals surface area contributed by atoms with Crippen LogP contribution >= 0.6 is 0 Å². The summed E-state index contributed by atoms with van der Waals surface area (Å²) < 4.78 is 0. The van der Waals surface area contributed by atoms with Crippen molar-refractivity contribution in [3.63, 3.8) is 0 Å². The number of rotatable bonds is 3. The number of carbonyl (C=O) groups is 1. The second kappa shape index (κ2) is 4.96. The van der Waals surface area contributed by atoms with Gasteiger partial charge in [-0.1, -0.05) is 26.0 Å². The number of anilines is 1. The molecule has 0 radical (unpaired) electrons. The smallest absolute Gasteiger partial charge is 0.226 e. The molecule has 0 aromatic heterocycles. The van der Waals surface area contributed by atoms with Gasteiger partial charge in [0.25, 0.3) is 0 Å². The molecule has 0 N–H and O–H groups in total. The largest absolute Gasteiger partial charge is 0.315 e. The molecular weight excluding hydrogens is 186 g/mol. The summed E-state index contributed by atoms with van der Waals surface area (Å²) in [7, 11) is 1.83. The molecule has 82 valence electrons. The van der Waals surface area contributed by atoms with E-state index < -0.39 is 0 Å². The molecule has 1 aromatic rings. The lowest BCUT2D eigenvalue weighted by Crippen LogP contribution is -2.27. The number of hydrogen-bond acceptors (Lipinski definition) is 1. The van der Waals surface area contributed by atoms with Crippen molar-refractivity contribution in [2.45, 2.75) is 27.2 Å². The van der Waals surface area contributed by atoms with Crippen LogP contribution in [0.25, 0.3) is 0 Å². The Bertz CT molecular complexity index is 344. The van der Waals surface area contributed by atoms with Gasteiger partial charge < -0.3 is 4.90 Å². The van der Waals surface area contributed by atoms with E-state index in [1.165, 1.54) is 5.56 Å². The van der Waals surface area contributed by atoms with E-state index in [1.54, 1.807) is 4.90 Å². The van der Waals surface area contributed by atoms with E-state index in [-0.39, 0.29) is 5.91 Å². The average Bonchev–Trinajstić information content (AvgIpc) is 2.15. The molecule has 0 bridgehead atoms. The molecule has 0 heterocycles. The van der Waals surface area contributed by atoms with E-state index in [9.17, 15) is 4.79 Å². The van der Waals surface area contributed by atoms with Gasteiger partial charge in [-0.3, -0.25) is 4.79 Å². The molecule has 0 aliphatic carbocycles. The number of nitrogens with zero attached hydrogens (tertiary/aromatic N) is 1. The molecular formula is C13H19NO. The summed E-state index contributed by atoms with van der Waals surface area (Å²) in [6, 6.07) is 8.00. The van der Waals surface area contributed by atoms with Crippen molar-refractivity contribution < 1.29 is 4.79 Å². The molecule has 0 spiro atoms. The first-order valence-corrected chi connectivity index (χ1v) is 5.34.